The number of carbonyl (C=O) groups excluding carboxylic acids is 1. The first-order valence-corrected chi connectivity index (χ1v) is 10.6. The zero-order chi connectivity index (χ0) is 24.4. The van der Waals surface area contributed by atoms with Crippen LogP contribution in [0.15, 0.2) is 96.2 Å². The summed E-state index contributed by atoms with van der Waals surface area (Å²) in [7, 11) is 0. The van der Waals surface area contributed by atoms with E-state index in [1.165, 1.54) is 33.9 Å². The van der Waals surface area contributed by atoms with E-state index in [2.05, 4.69) is 15.4 Å². The second-order valence-electron chi connectivity index (χ2n) is 7.68. The van der Waals surface area contributed by atoms with Crippen molar-refractivity contribution in [1.29, 1.82) is 0 Å². The highest BCUT2D eigenvalue weighted by Crippen LogP contribution is 2.27. The molecule has 0 aliphatic rings. The van der Waals surface area contributed by atoms with Crippen LogP contribution in [0.2, 0.25) is 0 Å². The van der Waals surface area contributed by atoms with Crippen LogP contribution >= 0.6 is 0 Å². The number of hydrogen-bond acceptors (Lipinski definition) is 6. The fourth-order valence-electron chi connectivity index (χ4n) is 3.84. The van der Waals surface area contributed by atoms with Crippen molar-refractivity contribution in [3.05, 3.63) is 112 Å². The molecule has 0 saturated heterocycles. The van der Waals surface area contributed by atoms with Crippen molar-refractivity contribution in [3.8, 4) is 16.8 Å². The Morgan fingerprint density at radius 3 is 2.49 bits per heavy atom. The van der Waals surface area contributed by atoms with Gasteiger partial charge in [0.1, 0.15) is 23.9 Å². The molecule has 0 radical (unpaired) electrons. The number of nitro benzene ring substituents is 1. The van der Waals surface area contributed by atoms with E-state index in [0.717, 1.165) is 11.1 Å². The lowest BCUT2D eigenvalue weighted by atomic mass is 10.0. The predicted octanol–water partition coefficient (Wildman–Crippen LogP) is 3.80. The van der Waals surface area contributed by atoms with Gasteiger partial charge < -0.3 is 5.32 Å². The number of anilines is 1. The summed E-state index contributed by atoms with van der Waals surface area (Å²) in [6.45, 7) is -0.262. The zero-order valence-electron chi connectivity index (χ0n) is 18.2. The number of carbonyl (C=O) groups is 1. The third-order valence-corrected chi connectivity index (χ3v) is 5.46. The summed E-state index contributed by atoms with van der Waals surface area (Å²) in [4.78, 5) is 41.0. The number of nitrogens with one attached hydrogen (secondary N) is 1. The van der Waals surface area contributed by atoms with Gasteiger partial charge in [-0.1, -0.05) is 60.7 Å². The normalized spacial score (nSPS) is 10.9. The summed E-state index contributed by atoms with van der Waals surface area (Å²) < 4.78 is 2.42. The first kappa shape index (κ1) is 21.7. The van der Waals surface area contributed by atoms with Crippen LogP contribution < -0.4 is 10.9 Å². The van der Waals surface area contributed by atoms with Gasteiger partial charge in [0.05, 0.1) is 11.1 Å². The number of hydrogen-bond donors (Lipinski definition) is 1. The van der Waals surface area contributed by atoms with Gasteiger partial charge in [-0.3, -0.25) is 24.3 Å². The van der Waals surface area contributed by atoms with Crippen molar-refractivity contribution in [2.24, 2.45) is 0 Å². The summed E-state index contributed by atoms with van der Waals surface area (Å²) in [5.41, 5.74) is 2.13. The van der Waals surface area contributed by atoms with Gasteiger partial charge in [-0.2, -0.15) is 5.10 Å². The minimum atomic E-state index is -0.526. The maximum absolute atomic E-state index is 13.0. The molecule has 3 aromatic carbocycles. The molecule has 0 fully saturated rings. The van der Waals surface area contributed by atoms with Gasteiger partial charge in [0.2, 0.25) is 5.91 Å². The zero-order valence-corrected chi connectivity index (χ0v) is 18.2. The predicted molar refractivity (Wildman–Crippen MR) is 130 cm³/mol. The molecule has 2 heterocycles. The maximum Gasteiger partial charge on any atom is 0.294 e. The molecule has 172 valence electrons. The second-order valence-corrected chi connectivity index (χ2v) is 7.68. The average molecular weight is 466 g/mol. The molecule has 0 aliphatic carbocycles. The molecule has 2 aromatic heterocycles. The lowest BCUT2D eigenvalue weighted by Gasteiger charge is -2.12. The largest absolute Gasteiger partial charge is 0.324 e. The van der Waals surface area contributed by atoms with Crippen LogP contribution in [0.1, 0.15) is 0 Å². The lowest BCUT2D eigenvalue weighted by Crippen LogP contribution is -2.28. The molecule has 0 spiro atoms. The Labute approximate surface area is 198 Å². The summed E-state index contributed by atoms with van der Waals surface area (Å²) >= 11 is 0. The molecule has 0 saturated carbocycles. The van der Waals surface area contributed by atoms with Gasteiger partial charge >= 0.3 is 0 Å². The topological polar surface area (TPSA) is 125 Å². The third kappa shape index (κ3) is 4.15. The molecule has 1 N–H and O–H groups in total. The van der Waals surface area contributed by atoms with Crippen LogP contribution in [0, 0.1) is 10.1 Å². The third-order valence-electron chi connectivity index (χ3n) is 5.46. The van der Waals surface area contributed by atoms with Gasteiger partial charge in [0.25, 0.3) is 11.2 Å². The van der Waals surface area contributed by atoms with Crippen molar-refractivity contribution in [1.82, 2.24) is 19.3 Å². The molecule has 35 heavy (non-hydrogen) atoms. The van der Waals surface area contributed by atoms with Crippen molar-refractivity contribution < 1.29 is 9.72 Å². The van der Waals surface area contributed by atoms with Crippen LogP contribution in [0.5, 0.6) is 0 Å². The number of aromatic nitrogens is 4. The Kier molecular flexibility index (Phi) is 5.60. The average Bonchev–Trinajstić information content (AvgIpc) is 3.31. The summed E-state index contributed by atoms with van der Waals surface area (Å²) in [6, 6.07) is 23.1. The highest BCUT2D eigenvalue weighted by atomic mass is 16.6. The quantitative estimate of drug-likeness (QED) is 0.300. The van der Waals surface area contributed by atoms with E-state index in [-0.39, 0.29) is 29.0 Å². The standard InChI is InChI=1S/C25H18N6O4/c32-23(28-20-11-5-4-10-18(20)17-8-2-1-3-9-17)15-29-16-26-24-19(25(29)33)14-27-30(24)21-12-6-7-13-22(21)31(34)35/h1-14,16H,15H2,(H,28,32). The lowest BCUT2D eigenvalue weighted by molar-refractivity contribution is -0.384. The highest BCUT2D eigenvalue weighted by Gasteiger charge is 2.19. The van der Waals surface area contributed by atoms with Crippen molar-refractivity contribution >= 4 is 28.3 Å². The van der Waals surface area contributed by atoms with Crippen molar-refractivity contribution in [2.45, 2.75) is 6.54 Å². The van der Waals surface area contributed by atoms with E-state index in [9.17, 15) is 19.7 Å². The number of fused-ring (bicyclic) bond motifs is 1. The summed E-state index contributed by atoms with van der Waals surface area (Å²) in [6.07, 6.45) is 2.53. The number of nitrogens with zero attached hydrogens (tertiary/aromatic N) is 5. The Balaban J connectivity index is 1.43. The number of amides is 1. The molecule has 0 atom stereocenters. The van der Waals surface area contributed by atoms with Gasteiger partial charge in [0, 0.05) is 17.3 Å². The minimum absolute atomic E-state index is 0.142. The van der Waals surface area contributed by atoms with Crippen LogP contribution in [0.25, 0.3) is 27.8 Å². The number of nitro groups is 1. The fourth-order valence-corrected chi connectivity index (χ4v) is 3.84. The van der Waals surface area contributed by atoms with Crippen LogP contribution in [-0.2, 0) is 11.3 Å². The van der Waals surface area contributed by atoms with E-state index < -0.39 is 16.4 Å². The van der Waals surface area contributed by atoms with E-state index in [4.69, 9.17) is 0 Å². The van der Waals surface area contributed by atoms with Gasteiger partial charge in [-0.05, 0) is 17.7 Å². The number of rotatable bonds is 6. The van der Waals surface area contributed by atoms with Crippen LogP contribution in [0.4, 0.5) is 11.4 Å². The van der Waals surface area contributed by atoms with Gasteiger partial charge in [0.15, 0.2) is 5.65 Å². The molecule has 0 unspecified atom stereocenters. The molecule has 10 heteroatoms. The Morgan fingerprint density at radius 2 is 1.69 bits per heavy atom. The van der Waals surface area contributed by atoms with Crippen LogP contribution in [0.3, 0.4) is 0 Å². The molecule has 0 aliphatic heterocycles. The number of benzene rings is 3. The van der Waals surface area contributed by atoms with E-state index in [1.807, 2.05) is 48.5 Å². The molecule has 5 aromatic rings. The monoisotopic (exact) mass is 466 g/mol. The molecule has 1 amide bonds. The molecule has 10 nitrogen and oxygen atoms in total. The molecule has 5 rings (SSSR count). The van der Waals surface area contributed by atoms with Gasteiger partial charge in [-0.25, -0.2) is 9.67 Å². The Hall–Kier alpha value is -5.12. The van der Waals surface area contributed by atoms with Gasteiger partial charge in [-0.15, -0.1) is 0 Å². The van der Waals surface area contributed by atoms with E-state index in [1.54, 1.807) is 18.2 Å². The molecule has 0 bridgehead atoms. The minimum Gasteiger partial charge on any atom is -0.324 e. The Bertz CT molecular complexity index is 1620. The van der Waals surface area contributed by atoms with E-state index in [0.29, 0.717) is 5.69 Å². The SMILES string of the molecule is O=C(Cn1cnc2c(cnn2-c2ccccc2[N+](=O)[O-])c1=O)Nc1ccccc1-c1ccccc1. The number of para-hydroxylation sites is 3. The first-order chi connectivity index (χ1) is 17.0. The van der Waals surface area contributed by atoms with Crippen LogP contribution in [-0.4, -0.2) is 30.2 Å². The highest BCUT2D eigenvalue weighted by molar-refractivity contribution is 5.95. The van der Waals surface area contributed by atoms with Crippen molar-refractivity contribution in [3.63, 3.8) is 0 Å². The molecular weight excluding hydrogens is 448 g/mol. The smallest absolute Gasteiger partial charge is 0.294 e. The first-order valence-electron chi connectivity index (χ1n) is 10.6. The maximum atomic E-state index is 13.0. The fraction of sp³-hybridized carbons (Fsp3) is 0.0400. The summed E-state index contributed by atoms with van der Waals surface area (Å²) in [5.74, 6) is -0.400. The molecular formula is C25H18N6O4. The second kappa shape index (κ2) is 9.02. The summed E-state index contributed by atoms with van der Waals surface area (Å²) in [5, 5.41) is 18.5. The van der Waals surface area contributed by atoms with E-state index >= 15 is 0 Å². The Morgan fingerprint density at radius 1 is 0.971 bits per heavy atom. The van der Waals surface area contributed by atoms with Crippen molar-refractivity contribution in [2.75, 3.05) is 5.32 Å².